The molecule has 0 aromatic heterocycles. The quantitative estimate of drug-likeness (QED) is 0.646. The maximum atomic E-state index is 11.1. The molecule has 0 aromatic carbocycles. The van der Waals surface area contributed by atoms with Crippen LogP contribution in [0.25, 0.3) is 0 Å². The van der Waals surface area contributed by atoms with Crippen molar-refractivity contribution in [3.8, 4) is 0 Å². The fourth-order valence-electron chi connectivity index (χ4n) is 4.17. The summed E-state index contributed by atoms with van der Waals surface area (Å²) in [5.74, 6) is 0.412. The Morgan fingerprint density at radius 1 is 1.25 bits per heavy atom. The van der Waals surface area contributed by atoms with Gasteiger partial charge in [0.15, 0.2) is 0 Å². The molecule has 0 saturated carbocycles. The average Bonchev–Trinajstić information content (AvgIpc) is 2.44. The summed E-state index contributed by atoms with van der Waals surface area (Å²) in [4.78, 5) is 5.09. The molecular formula is C12H23N3O. The minimum absolute atomic E-state index is 0.0354. The first-order chi connectivity index (χ1) is 7.57. The monoisotopic (exact) mass is 225 g/mol. The van der Waals surface area contributed by atoms with Gasteiger partial charge < -0.3 is 20.2 Å². The number of hydrogen-bond donors (Lipinski definition) is 2. The minimum Gasteiger partial charge on any atom is -0.387 e. The van der Waals surface area contributed by atoms with Gasteiger partial charge >= 0.3 is 0 Å². The van der Waals surface area contributed by atoms with E-state index >= 15 is 0 Å². The molecule has 0 radical (unpaired) electrons. The van der Waals surface area contributed by atoms with E-state index in [1.807, 2.05) is 7.05 Å². The lowest BCUT2D eigenvalue weighted by Crippen LogP contribution is -2.72. The van der Waals surface area contributed by atoms with Crippen LogP contribution in [0.2, 0.25) is 0 Å². The first-order valence-corrected chi connectivity index (χ1v) is 6.39. The molecule has 4 aliphatic heterocycles. The second kappa shape index (κ2) is 3.42. The molecule has 0 aromatic rings. The lowest BCUT2D eigenvalue weighted by Gasteiger charge is -2.59. The van der Waals surface area contributed by atoms with E-state index in [4.69, 9.17) is 0 Å². The van der Waals surface area contributed by atoms with Crippen LogP contribution in [0.5, 0.6) is 0 Å². The second-order valence-corrected chi connectivity index (χ2v) is 6.18. The molecule has 16 heavy (non-hydrogen) atoms. The molecule has 4 aliphatic rings. The maximum Gasteiger partial charge on any atom is 0.0901 e. The molecule has 4 heteroatoms. The lowest BCUT2D eigenvalue weighted by atomic mass is 9.61. The van der Waals surface area contributed by atoms with Crippen molar-refractivity contribution in [1.82, 2.24) is 15.1 Å². The van der Waals surface area contributed by atoms with Crippen LogP contribution >= 0.6 is 0 Å². The molecule has 4 nitrogen and oxygen atoms in total. The number of aliphatic hydroxyl groups is 1. The summed E-state index contributed by atoms with van der Waals surface area (Å²) >= 11 is 0. The first kappa shape index (κ1) is 11.0. The van der Waals surface area contributed by atoms with Gasteiger partial charge in [0, 0.05) is 57.1 Å². The van der Waals surface area contributed by atoms with Gasteiger partial charge in [-0.2, -0.15) is 0 Å². The van der Waals surface area contributed by atoms with Crippen molar-refractivity contribution in [2.45, 2.75) is 12.5 Å². The van der Waals surface area contributed by atoms with Gasteiger partial charge in [-0.3, -0.25) is 0 Å². The van der Waals surface area contributed by atoms with Crippen molar-refractivity contribution >= 4 is 0 Å². The molecule has 4 rings (SSSR count). The summed E-state index contributed by atoms with van der Waals surface area (Å²) in [5.41, 5.74) is -0.479. The molecular weight excluding hydrogens is 202 g/mol. The summed E-state index contributed by atoms with van der Waals surface area (Å²) in [7, 11) is 1.95. The number of likely N-dealkylation sites (N-methyl/N-ethyl adjacent to an activating group) is 1. The van der Waals surface area contributed by atoms with E-state index in [0.717, 1.165) is 32.7 Å². The summed E-state index contributed by atoms with van der Waals surface area (Å²) in [6, 6.07) is 0. The zero-order valence-corrected chi connectivity index (χ0v) is 10.4. The Bertz CT molecular complexity index is 280. The normalized spacial score (nSPS) is 55.3. The lowest BCUT2D eigenvalue weighted by molar-refractivity contribution is -0.187. The highest BCUT2D eigenvalue weighted by atomic mass is 16.3. The zero-order valence-electron chi connectivity index (χ0n) is 10.4. The largest absolute Gasteiger partial charge is 0.387 e. The topological polar surface area (TPSA) is 38.7 Å². The van der Waals surface area contributed by atoms with E-state index in [0.29, 0.717) is 5.92 Å². The highest BCUT2D eigenvalue weighted by Gasteiger charge is 2.60. The van der Waals surface area contributed by atoms with Crippen LogP contribution in [0.4, 0.5) is 0 Å². The maximum absolute atomic E-state index is 11.1. The van der Waals surface area contributed by atoms with Gasteiger partial charge in [-0.05, 0) is 7.05 Å². The number of nitrogens with one attached hydrogen (secondary N) is 1. The van der Waals surface area contributed by atoms with E-state index < -0.39 is 5.60 Å². The molecule has 92 valence electrons. The second-order valence-electron chi connectivity index (χ2n) is 6.18. The average molecular weight is 225 g/mol. The third-order valence-electron chi connectivity index (χ3n) is 5.00. The molecule has 4 bridgehead atoms. The van der Waals surface area contributed by atoms with E-state index in [1.165, 1.54) is 13.1 Å². The molecule has 3 atom stereocenters. The van der Waals surface area contributed by atoms with Gasteiger partial charge in [-0.1, -0.05) is 6.92 Å². The highest BCUT2D eigenvalue weighted by molar-refractivity contribution is 5.13. The molecule has 4 heterocycles. The Hall–Kier alpha value is -0.160. The van der Waals surface area contributed by atoms with Crippen molar-refractivity contribution in [3.63, 3.8) is 0 Å². The fourth-order valence-corrected chi connectivity index (χ4v) is 4.17. The van der Waals surface area contributed by atoms with Crippen molar-refractivity contribution < 1.29 is 5.11 Å². The molecule has 4 fully saturated rings. The third kappa shape index (κ3) is 1.30. The van der Waals surface area contributed by atoms with E-state index in [2.05, 4.69) is 22.0 Å². The number of nitrogens with zero attached hydrogens (tertiary/aromatic N) is 2. The van der Waals surface area contributed by atoms with Crippen LogP contribution in [0.15, 0.2) is 0 Å². The summed E-state index contributed by atoms with van der Waals surface area (Å²) in [5, 5.41) is 14.3. The van der Waals surface area contributed by atoms with Crippen LogP contribution in [0.1, 0.15) is 6.92 Å². The van der Waals surface area contributed by atoms with Gasteiger partial charge in [-0.15, -0.1) is 0 Å². The summed E-state index contributed by atoms with van der Waals surface area (Å²) < 4.78 is 0. The Labute approximate surface area is 97.6 Å². The standard InChI is InChI=1S/C12H23N3O/c1-11-8-14-3-4-15(9-11)6-10(5-14)12(11,16)7-13-2/h10,13,16H,3-9H2,1-2H3. The van der Waals surface area contributed by atoms with Crippen LogP contribution in [0, 0.1) is 11.3 Å². The van der Waals surface area contributed by atoms with E-state index in [-0.39, 0.29) is 5.41 Å². The van der Waals surface area contributed by atoms with Crippen LogP contribution < -0.4 is 5.32 Å². The van der Waals surface area contributed by atoms with Crippen molar-refractivity contribution in [3.05, 3.63) is 0 Å². The highest BCUT2D eigenvalue weighted by Crippen LogP contribution is 2.47. The van der Waals surface area contributed by atoms with Crippen LogP contribution in [-0.2, 0) is 0 Å². The van der Waals surface area contributed by atoms with E-state index in [1.54, 1.807) is 0 Å². The SMILES string of the molecule is CNCC1(O)C2CN3CCN(C2)CC1(C)C3. The third-order valence-corrected chi connectivity index (χ3v) is 5.00. The Balaban J connectivity index is 1.97. The Morgan fingerprint density at radius 2 is 1.81 bits per heavy atom. The Kier molecular flexibility index (Phi) is 2.34. The fraction of sp³-hybridized carbons (Fsp3) is 1.00. The molecule has 0 amide bonds. The Morgan fingerprint density at radius 3 is 2.25 bits per heavy atom. The van der Waals surface area contributed by atoms with Gasteiger partial charge in [-0.25, -0.2) is 0 Å². The van der Waals surface area contributed by atoms with Gasteiger partial charge in [0.2, 0.25) is 0 Å². The summed E-state index contributed by atoms with van der Waals surface area (Å²) in [6.07, 6.45) is 0. The predicted molar refractivity (Wildman–Crippen MR) is 63.4 cm³/mol. The predicted octanol–water partition coefficient (Wildman–Crippen LogP) is -0.796. The number of piperidine rings is 2. The zero-order chi connectivity index (χ0) is 11.4. The molecule has 4 saturated heterocycles. The van der Waals surface area contributed by atoms with Crippen molar-refractivity contribution in [2.24, 2.45) is 11.3 Å². The minimum atomic E-state index is -0.515. The van der Waals surface area contributed by atoms with Crippen LogP contribution in [-0.4, -0.2) is 73.4 Å². The molecule has 0 aliphatic carbocycles. The first-order valence-electron chi connectivity index (χ1n) is 6.39. The molecule has 0 spiro atoms. The van der Waals surface area contributed by atoms with Gasteiger partial charge in [0.25, 0.3) is 0 Å². The van der Waals surface area contributed by atoms with E-state index in [9.17, 15) is 5.11 Å². The van der Waals surface area contributed by atoms with Crippen molar-refractivity contribution in [2.75, 3.05) is 52.9 Å². The molecule has 3 unspecified atom stereocenters. The van der Waals surface area contributed by atoms with Crippen molar-refractivity contribution in [1.29, 1.82) is 0 Å². The number of hydrogen-bond acceptors (Lipinski definition) is 4. The molecule has 2 N–H and O–H groups in total. The number of fused-ring (bicyclic) bond motifs is 1. The van der Waals surface area contributed by atoms with Crippen LogP contribution in [0.3, 0.4) is 0 Å². The smallest absolute Gasteiger partial charge is 0.0901 e. The van der Waals surface area contributed by atoms with Gasteiger partial charge in [0.05, 0.1) is 5.60 Å². The summed E-state index contributed by atoms with van der Waals surface area (Å²) in [6.45, 7) is 9.62. The number of rotatable bonds is 2. The van der Waals surface area contributed by atoms with Gasteiger partial charge in [0.1, 0.15) is 0 Å².